The summed E-state index contributed by atoms with van der Waals surface area (Å²) in [6.07, 6.45) is -0.624. The maximum absolute atomic E-state index is 12.3. The van der Waals surface area contributed by atoms with Crippen molar-refractivity contribution in [2.24, 2.45) is 0 Å². The highest BCUT2D eigenvalue weighted by Gasteiger charge is 2.33. The van der Waals surface area contributed by atoms with E-state index in [4.69, 9.17) is 4.74 Å². The summed E-state index contributed by atoms with van der Waals surface area (Å²) >= 11 is 0. The Labute approximate surface area is 125 Å². The molecule has 1 rings (SSSR count). The van der Waals surface area contributed by atoms with Gasteiger partial charge < -0.3 is 9.84 Å². The predicted octanol–water partition coefficient (Wildman–Crippen LogP) is 3.38. The summed E-state index contributed by atoms with van der Waals surface area (Å²) in [5.41, 5.74) is 0.754. The van der Waals surface area contributed by atoms with Crippen molar-refractivity contribution < 1.29 is 19.4 Å². The van der Waals surface area contributed by atoms with Crippen LogP contribution in [-0.2, 0) is 9.53 Å². The number of amides is 1. The minimum atomic E-state index is -1.07. The standard InChI is InChI=1S/C16H23NO4/c1-6-17(15(20)21-16(3,4)5)13(14(18)19)12-10-8-7-9-11(12)2/h7-10,13H,6H2,1-5H3,(H,18,19). The third-order valence-electron chi connectivity index (χ3n) is 3.00. The van der Waals surface area contributed by atoms with E-state index in [1.165, 1.54) is 4.90 Å². The van der Waals surface area contributed by atoms with E-state index in [-0.39, 0.29) is 6.54 Å². The molecule has 1 unspecified atom stereocenters. The van der Waals surface area contributed by atoms with Crippen LogP contribution in [0.15, 0.2) is 24.3 Å². The van der Waals surface area contributed by atoms with Gasteiger partial charge in [-0.05, 0) is 45.7 Å². The Morgan fingerprint density at radius 2 is 1.86 bits per heavy atom. The number of aliphatic carboxylic acids is 1. The van der Waals surface area contributed by atoms with Crippen LogP contribution >= 0.6 is 0 Å². The van der Waals surface area contributed by atoms with Crippen molar-refractivity contribution in [1.82, 2.24) is 4.90 Å². The van der Waals surface area contributed by atoms with Crippen molar-refractivity contribution in [2.75, 3.05) is 6.54 Å². The molecule has 0 heterocycles. The molecule has 0 aliphatic carbocycles. The molecule has 1 N–H and O–H groups in total. The monoisotopic (exact) mass is 293 g/mol. The van der Waals surface area contributed by atoms with E-state index in [0.29, 0.717) is 5.56 Å². The largest absolute Gasteiger partial charge is 0.479 e. The fraction of sp³-hybridized carbons (Fsp3) is 0.500. The van der Waals surface area contributed by atoms with Crippen molar-refractivity contribution in [3.8, 4) is 0 Å². The van der Waals surface area contributed by atoms with Crippen molar-refractivity contribution >= 4 is 12.1 Å². The number of benzene rings is 1. The summed E-state index contributed by atoms with van der Waals surface area (Å²) in [6, 6.07) is 6.10. The number of nitrogens with zero attached hydrogens (tertiary/aromatic N) is 1. The molecule has 1 aromatic carbocycles. The highest BCUT2D eigenvalue weighted by atomic mass is 16.6. The van der Waals surface area contributed by atoms with Crippen molar-refractivity contribution in [1.29, 1.82) is 0 Å². The normalized spacial score (nSPS) is 12.6. The molecule has 0 saturated heterocycles. The lowest BCUT2D eigenvalue weighted by Crippen LogP contribution is -2.42. The molecule has 0 spiro atoms. The van der Waals surface area contributed by atoms with E-state index in [1.807, 2.05) is 19.1 Å². The Balaban J connectivity index is 3.17. The second kappa shape index (κ2) is 6.61. The average molecular weight is 293 g/mol. The molecule has 5 heteroatoms. The van der Waals surface area contributed by atoms with E-state index in [9.17, 15) is 14.7 Å². The van der Waals surface area contributed by atoms with E-state index < -0.39 is 23.7 Å². The molecule has 0 saturated carbocycles. The molecule has 0 bridgehead atoms. The number of rotatable bonds is 4. The first-order valence-corrected chi connectivity index (χ1v) is 6.95. The average Bonchev–Trinajstić information content (AvgIpc) is 2.34. The first-order valence-electron chi connectivity index (χ1n) is 6.95. The van der Waals surface area contributed by atoms with Gasteiger partial charge in [0.05, 0.1) is 0 Å². The second-order valence-electron chi connectivity index (χ2n) is 5.86. The lowest BCUT2D eigenvalue weighted by molar-refractivity contribution is -0.143. The Kier molecular flexibility index (Phi) is 5.35. The van der Waals surface area contributed by atoms with Gasteiger partial charge in [0.1, 0.15) is 5.60 Å². The number of ether oxygens (including phenoxy) is 1. The Morgan fingerprint density at radius 3 is 2.29 bits per heavy atom. The van der Waals surface area contributed by atoms with Crippen LogP contribution in [0.3, 0.4) is 0 Å². The molecule has 0 aliphatic rings. The molecular weight excluding hydrogens is 270 g/mol. The van der Waals surface area contributed by atoms with Gasteiger partial charge in [-0.15, -0.1) is 0 Å². The van der Waals surface area contributed by atoms with Crippen LogP contribution < -0.4 is 0 Å². The van der Waals surface area contributed by atoms with Crippen LogP contribution in [-0.4, -0.2) is 34.2 Å². The third kappa shape index (κ3) is 4.48. The molecule has 0 aliphatic heterocycles. The van der Waals surface area contributed by atoms with Gasteiger partial charge in [0.2, 0.25) is 0 Å². The fourth-order valence-corrected chi connectivity index (χ4v) is 2.07. The van der Waals surface area contributed by atoms with Gasteiger partial charge in [0.25, 0.3) is 0 Å². The molecule has 0 radical (unpaired) electrons. The van der Waals surface area contributed by atoms with Gasteiger partial charge >= 0.3 is 12.1 Å². The zero-order chi connectivity index (χ0) is 16.2. The zero-order valence-corrected chi connectivity index (χ0v) is 13.2. The Morgan fingerprint density at radius 1 is 1.29 bits per heavy atom. The molecule has 0 aromatic heterocycles. The fourth-order valence-electron chi connectivity index (χ4n) is 2.07. The van der Waals surface area contributed by atoms with Gasteiger partial charge in [0.15, 0.2) is 6.04 Å². The van der Waals surface area contributed by atoms with Gasteiger partial charge in [-0.2, -0.15) is 0 Å². The van der Waals surface area contributed by atoms with Crippen LogP contribution in [0.25, 0.3) is 0 Å². The van der Waals surface area contributed by atoms with Crippen molar-refractivity contribution in [2.45, 2.75) is 46.3 Å². The van der Waals surface area contributed by atoms with E-state index in [2.05, 4.69) is 0 Å². The van der Waals surface area contributed by atoms with Gasteiger partial charge in [0, 0.05) is 6.54 Å². The highest BCUT2D eigenvalue weighted by Crippen LogP contribution is 2.26. The number of carbonyl (C=O) groups is 2. The second-order valence-corrected chi connectivity index (χ2v) is 5.86. The minimum absolute atomic E-state index is 0.250. The van der Waals surface area contributed by atoms with Crippen molar-refractivity contribution in [3.05, 3.63) is 35.4 Å². The molecule has 5 nitrogen and oxygen atoms in total. The molecular formula is C16H23NO4. The summed E-state index contributed by atoms with van der Waals surface area (Å²) < 4.78 is 5.31. The minimum Gasteiger partial charge on any atom is -0.479 e. The van der Waals surface area contributed by atoms with E-state index >= 15 is 0 Å². The summed E-state index contributed by atoms with van der Waals surface area (Å²) in [5.74, 6) is -1.07. The smallest absolute Gasteiger partial charge is 0.411 e. The Bertz CT molecular complexity index is 519. The number of hydrogen-bond donors (Lipinski definition) is 1. The molecule has 1 atom stereocenters. The number of likely N-dealkylation sites (N-methyl/N-ethyl adjacent to an activating group) is 1. The van der Waals surface area contributed by atoms with Crippen LogP contribution in [0.4, 0.5) is 4.79 Å². The molecule has 1 amide bonds. The van der Waals surface area contributed by atoms with E-state index in [1.54, 1.807) is 39.8 Å². The topological polar surface area (TPSA) is 66.8 Å². The summed E-state index contributed by atoms with van der Waals surface area (Å²) in [6.45, 7) is 9.07. The maximum Gasteiger partial charge on any atom is 0.411 e. The SMILES string of the molecule is CCN(C(=O)OC(C)(C)C)C(C(=O)O)c1ccccc1C. The lowest BCUT2D eigenvalue weighted by atomic mass is 10.0. The number of hydrogen-bond acceptors (Lipinski definition) is 3. The molecule has 21 heavy (non-hydrogen) atoms. The number of carboxylic acids is 1. The number of carbonyl (C=O) groups excluding carboxylic acids is 1. The highest BCUT2D eigenvalue weighted by molar-refractivity contribution is 5.82. The lowest BCUT2D eigenvalue weighted by Gasteiger charge is -2.31. The molecule has 0 fully saturated rings. The summed E-state index contributed by atoms with van der Waals surface area (Å²) in [5, 5.41) is 9.55. The van der Waals surface area contributed by atoms with Crippen LogP contribution in [0.1, 0.15) is 44.9 Å². The predicted molar refractivity (Wildman–Crippen MR) is 80.2 cm³/mol. The number of aryl methyl sites for hydroxylation is 1. The first-order chi connectivity index (χ1) is 9.67. The summed E-state index contributed by atoms with van der Waals surface area (Å²) in [7, 11) is 0. The van der Waals surface area contributed by atoms with Crippen molar-refractivity contribution in [3.63, 3.8) is 0 Å². The number of carboxylic acid groups (broad SMARTS) is 1. The quantitative estimate of drug-likeness (QED) is 0.924. The van der Waals surface area contributed by atoms with Crippen LogP contribution in [0.5, 0.6) is 0 Å². The summed E-state index contributed by atoms with van der Waals surface area (Å²) in [4.78, 5) is 25.2. The van der Waals surface area contributed by atoms with Gasteiger partial charge in [-0.1, -0.05) is 24.3 Å². The van der Waals surface area contributed by atoms with Gasteiger partial charge in [-0.3, -0.25) is 4.90 Å². The van der Waals surface area contributed by atoms with E-state index in [0.717, 1.165) is 5.56 Å². The maximum atomic E-state index is 12.3. The molecule has 116 valence electrons. The van der Waals surface area contributed by atoms with Crippen LogP contribution in [0.2, 0.25) is 0 Å². The first kappa shape index (κ1) is 17.0. The Hall–Kier alpha value is -2.04. The third-order valence-corrected chi connectivity index (χ3v) is 3.00. The van der Waals surface area contributed by atoms with Gasteiger partial charge in [-0.25, -0.2) is 9.59 Å². The van der Waals surface area contributed by atoms with Crippen LogP contribution in [0, 0.1) is 6.92 Å². The molecule has 1 aromatic rings. The zero-order valence-electron chi connectivity index (χ0n) is 13.2.